The van der Waals surface area contributed by atoms with Gasteiger partial charge in [-0.1, -0.05) is 36.2 Å². The summed E-state index contributed by atoms with van der Waals surface area (Å²) in [6.45, 7) is 4.96. The van der Waals surface area contributed by atoms with E-state index in [0.29, 0.717) is 29.9 Å². The summed E-state index contributed by atoms with van der Waals surface area (Å²) in [5.74, 6) is 0. The van der Waals surface area contributed by atoms with Crippen LogP contribution in [-0.4, -0.2) is 32.5 Å². The van der Waals surface area contributed by atoms with Crippen LogP contribution in [0.25, 0.3) is 0 Å². The fourth-order valence-corrected chi connectivity index (χ4v) is 2.47. The van der Waals surface area contributed by atoms with Crippen molar-refractivity contribution in [1.82, 2.24) is 5.32 Å². The van der Waals surface area contributed by atoms with Crippen LogP contribution in [0.3, 0.4) is 0 Å². The predicted octanol–water partition coefficient (Wildman–Crippen LogP) is 3.45. The molecule has 1 aromatic carbocycles. The molecule has 5 heteroatoms. The highest BCUT2D eigenvalue weighted by Crippen LogP contribution is 2.28. The smallest absolute Gasteiger partial charge is 0.100 e. The molecule has 0 radical (unpaired) electrons. The largest absolute Gasteiger partial charge is 0.376 e. The topological polar surface area (TPSA) is 30.5 Å². The van der Waals surface area contributed by atoms with Gasteiger partial charge in [0.1, 0.15) is 6.10 Å². The second kappa shape index (κ2) is 7.46. The number of hydrogen-bond acceptors (Lipinski definition) is 3. The van der Waals surface area contributed by atoms with Crippen LogP contribution in [-0.2, 0) is 9.47 Å². The molecule has 0 amide bonds. The molecule has 1 aliphatic rings. The van der Waals surface area contributed by atoms with E-state index in [1.54, 1.807) is 0 Å². The Hall–Kier alpha value is -0.320. The standard InChI is InChI=1S/C14H19Cl2NO2/c1-2-5-17-14(13-9-18-6-7-19-13)10-3-4-11(15)12(16)8-10/h3-4,8,13-14,17H,2,5-7,9H2,1H3. The molecular weight excluding hydrogens is 285 g/mol. The van der Waals surface area contributed by atoms with Crippen LogP contribution < -0.4 is 5.32 Å². The van der Waals surface area contributed by atoms with Gasteiger partial charge in [-0.2, -0.15) is 0 Å². The fraction of sp³-hybridized carbons (Fsp3) is 0.571. The summed E-state index contributed by atoms with van der Waals surface area (Å²) in [6, 6.07) is 5.79. The van der Waals surface area contributed by atoms with Crippen molar-refractivity contribution in [3.8, 4) is 0 Å². The Balaban J connectivity index is 2.17. The normalized spacial score (nSPS) is 21.3. The SMILES string of the molecule is CCCNC(c1ccc(Cl)c(Cl)c1)C1COCCO1. The van der Waals surface area contributed by atoms with Crippen LogP contribution >= 0.6 is 23.2 Å². The molecular formula is C14H19Cl2NO2. The average molecular weight is 304 g/mol. The Morgan fingerprint density at radius 1 is 1.32 bits per heavy atom. The molecule has 3 nitrogen and oxygen atoms in total. The number of hydrogen-bond donors (Lipinski definition) is 1. The first-order valence-corrected chi connectivity index (χ1v) is 7.35. The van der Waals surface area contributed by atoms with E-state index in [2.05, 4.69) is 12.2 Å². The maximum Gasteiger partial charge on any atom is 0.100 e. The fourth-order valence-electron chi connectivity index (χ4n) is 2.17. The lowest BCUT2D eigenvalue weighted by Gasteiger charge is -2.31. The van der Waals surface area contributed by atoms with Crippen LogP contribution in [0.1, 0.15) is 24.9 Å². The van der Waals surface area contributed by atoms with Crippen molar-refractivity contribution >= 4 is 23.2 Å². The Morgan fingerprint density at radius 3 is 2.79 bits per heavy atom. The maximum atomic E-state index is 6.10. The van der Waals surface area contributed by atoms with Crippen LogP contribution in [0.15, 0.2) is 18.2 Å². The summed E-state index contributed by atoms with van der Waals surface area (Å²) < 4.78 is 11.3. The Kier molecular flexibility index (Phi) is 5.92. The predicted molar refractivity (Wildman–Crippen MR) is 78.1 cm³/mol. The summed E-state index contributed by atoms with van der Waals surface area (Å²) in [7, 11) is 0. The number of halogens is 2. The zero-order valence-corrected chi connectivity index (χ0v) is 12.5. The summed E-state index contributed by atoms with van der Waals surface area (Å²) in [6.07, 6.45) is 1.07. The van der Waals surface area contributed by atoms with Crippen molar-refractivity contribution in [3.05, 3.63) is 33.8 Å². The van der Waals surface area contributed by atoms with Gasteiger partial charge in [-0.05, 0) is 30.7 Å². The molecule has 2 rings (SSSR count). The molecule has 0 spiro atoms. The number of rotatable bonds is 5. The molecule has 1 aromatic rings. The van der Waals surface area contributed by atoms with Gasteiger partial charge in [0, 0.05) is 0 Å². The Morgan fingerprint density at radius 2 is 2.16 bits per heavy atom. The van der Waals surface area contributed by atoms with Crippen molar-refractivity contribution in [1.29, 1.82) is 0 Å². The molecule has 1 fully saturated rings. The minimum atomic E-state index is 0.0116. The number of ether oxygens (including phenoxy) is 2. The third-order valence-electron chi connectivity index (χ3n) is 3.13. The zero-order valence-electron chi connectivity index (χ0n) is 11.0. The Labute approximate surface area is 124 Å². The zero-order chi connectivity index (χ0) is 13.7. The summed E-state index contributed by atoms with van der Waals surface area (Å²) in [4.78, 5) is 0. The van der Waals surface area contributed by atoms with Gasteiger partial charge in [0.15, 0.2) is 0 Å². The van der Waals surface area contributed by atoms with E-state index in [1.807, 2.05) is 18.2 Å². The number of nitrogens with one attached hydrogen (secondary N) is 1. The van der Waals surface area contributed by atoms with Gasteiger partial charge in [-0.3, -0.25) is 0 Å². The van der Waals surface area contributed by atoms with Crippen LogP contribution in [0, 0.1) is 0 Å². The first kappa shape index (κ1) is 15.1. The van der Waals surface area contributed by atoms with Crippen molar-refractivity contribution in [2.24, 2.45) is 0 Å². The van der Waals surface area contributed by atoms with E-state index in [-0.39, 0.29) is 12.1 Å². The summed E-state index contributed by atoms with van der Waals surface area (Å²) >= 11 is 12.1. The molecule has 0 aliphatic carbocycles. The second-order valence-corrected chi connectivity index (χ2v) is 5.40. The molecule has 2 unspecified atom stereocenters. The van der Waals surface area contributed by atoms with E-state index in [0.717, 1.165) is 18.5 Å². The van der Waals surface area contributed by atoms with Crippen LogP contribution in [0.4, 0.5) is 0 Å². The van der Waals surface area contributed by atoms with Gasteiger partial charge in [0.05, 0.1) is 35.9 Å². The van der Waals surface area contributed by atoms with Gasteiger partial charge < -0.3 is 14.8 Å². The molecule has 1 saturated heterocycles. The molecule has 0 bridgehead atoms. The van der Waals surface area contributed by atoms with Gasteiger partial charge in [0.2, 0.25) is 0 Å². The van der Waals surface area contributed by atoms with Crippen molar-refractivity contribution in [3.63, 3.8) is 0 Å². The third kappa shape index (κ3) is 4.07. The first-order chi connectivity index (χ1) is 9.22. The monoisotopic (exact) mass is 303 g/mol. The molecule has 19 heavy (non-hydrogen) atoms. The van der Waals surface area contributed by atoms with Crippen molar-refractivity contribution in [2.45, 2.75) is 25.5 Å². The van der Waals surface area contributed by atoms with Gasteiger partial charge in [0.25, 0.3) is 0 Å². The lowest BCUT2D eigenvalue weighted by Crippen LogP contribution is -2.40. The highest BCUT2D eigenvalue weighted by Gasteiger charge is 2.26. The van der Waals surface area contributed by atoms with Gasteiger partial charge in [-0.25, -0.2) is 0 Å². The highest BCUT2D eigenvalue weighted by atomic mass is 35.5. The van der Waals surface area contributed by atoms with Crippen LogP contribution in [0.2, 0.25) is 10.0 Å². The third-order valence-corrected chi connectivity index (χ3v) is 3.87. The molecule has 1 heterocycles. The average Bonchev–Trinajstić information content (AvgIpc) is 2.44. The van der Waals surface area contributed by atoms with E-state index in [9.17, 15) is 0 Å². The van der Waals surface area contributed by atoms with E-state index in [1.165, 1.54) is 0 Å². The molecule has 1 N–H and O–H groups in total. The molecule has 0 saturated carbocycles. The summed E-state index contributed by atoms with van der Waals surface area (Å²) in [5, 5.41) is 4.63. The minimum Gasteiger partial charge on any atom is -0.376 e. The second-order valence-electron chi connectivity index (χ2n) is 4.59. The number of benzene rings is 1. The maximum absolute atomic E-state index is 6.10. The molecule has 1 aliphatic heterocycles. The van der Waals surface area contributed by atoms with E-state index < -0.39 is 0 Å². The lowest BCUT2D eigenvalue weighted by molar-refractivity contribution is -0.102. The minimum absolute atomic E-state index is 0.0116. The van der Waals surface area contributed by atoms with Crippen molar-refractivity contribution < 1.29 is 9.47 Å². The van der Waals surface area contributed by atoms with Crippen molar-refractivity contribution in [2.75, 3.05) is 26.4 Å². The highest BCUT2D eigenvalue weighted by molar-refractivity contribution is 6.42. The van der Waals surface area contributed by atoms with E-state index >= 15 is 0 Å². The first-order valence-electron chi connectivity index (χ1n) is 6.60. The van der Waals surface area contributed by atoms with Gasteiger partial charge >= 0.3 is 0 Å². The Bertz CT molecular complexity index is 408. The molecule has 0 aromatic heterocycles. The quantitative estimate of drug-likeness (QED) is 0.904. The van der Waals surface area contributed by atoms with Crippen LogP contribution in [0.5, 0.6) is 0 Å². The van der Waals surface area contributed by atoms with E-state index in [4.69, 9.17) is 32.7 Å². The molecule has 106 valence electrons. The summed E-state index contributed by atoms with van der Waals surface area (Å²) in [5.41, 5.74) is 1.08. The molecule has 2 atom stereocenters. The van der Waals surface area contributed by atoms with Gasteiger partial charge in [-0.15, -0.1) is 0 Å². The lowest BCUT2D eigenvalue weighted by atomic mass is 10.0.